The number of phenols is 1. The molecule has 1 aliphatic heterocycles. The number of aromatic hydroxyl groups is 1. The minimum absolute atomic E-state index is 0.141. The summed E-state index contributed by atoms with van der Waals surface area (Å²) in [5, 5.41) is 12.6. The number of ether oxygens (including phenoxy) is 1. The van der Waals surface area contributed by atoms with Gasteiger partial charge < -0.3 is 15.2 Å². The van der Waals surface area contributed by atoms with Crippen LogP contribution in [0.25, 0.3) is 6.08 Å². The van der Waals surface area contributed by atoms with Crippen LogP contribution in [0.4, 0.5) is 10.2 Å². The van der Waals surface area contributed by atoms with Gasteiger partial charge in [-0.2, -0.15) is 0 Å². The van der Waals surface area contributed by atoms with Crippen molar-refractivity contribution in [3.05, 3.63) is 90.0 Å². The van der Waals surface area contributed by atoms with Gasteiger partial charge in [0.1, 0.15) is 18.1 Å². The number of phenolic OH excluding ortho intramolecular Hbond substituents is 1. The molecule has 4 rings (SSSR count). The van der Waals surface area contributed by atoms with Crippen LogP contribution in [0.2, 0.25) is 0 Å². The van der Waals surface area contributed by atoms with Gasteiger partial charge in [-0.25, -0.2) is 0 Å². The van der Waals surface area contributed by atoms with Crippen molar-refractivity contribution >= 4 is 11.8 Å². The molecule has 144 valence electrons. The molecule has 3 aromatic rings. The lowest BCUT2D eigenvalue weighted by molar-refractivity contribution is -0.00636. The van der Waals surface area contributed by atoms with Crippen LogP contribution in [0.3, 0.4) is 0 Å². The third-order valence-corrected chi connectivity index (χ3v) is 4.12. The Bertz CT molecular complexity index is 942. The second-order valence-corrected chi connectivity index (χ2v) is 6.39. The summed E-state index contributed by atoms with van der Waals surface area (Å²) in [6.07, 6.45) is 4.33. The van der Waals surface area contributed by atoms with Gasteiger partial charge in [0.25, 0.3) is 0 Å². The quantitative estimate of drug-likeness (QED) is 0.606. The zero-order valence-electron chi connectivity index (χ0n) is 15.5. The molecule has 28 heavy (non-hydrogen) atoms. The molecule has 0 fully saturated rings. The Morgan fingerprint density at radius 3 is 2.57 bits per heavy atom. The summed E-state index contributed by atoms with van der Waals surface area (Å²) in [5.74, 6) is 0.835. The Kier molecular flexibility index (Phi) is 6.52. The summed E-state index contributed by atoms with van der Waals surface area (Å²) in [6, 6.07) is 21.8. The smallest absolute Gasteiger partial charge is 0.172 e. The second kappa shape index (κ2) is 9.46. The molecule has 0 aliphatic carbocycles. The summed E-state index contributed by atoms with van der Waals surface area (Å²) in [4.78, 5) is 3.63. The number of halogens is 1. The maximum absolute atomic E-state index is 11.9. The fraction of sp³-hybridized carbons (Fsp3) is 0.130. The lowest BCUT2D eigenvalue weighted by Gasteiger charge is -2.18. The largest absolute Gasteiger partial charge is 0.508 e. The molecule has 0 saturated carbocycles. The molecule has 1 aliphatic rings. The molecule has 3 aromatic carbocycles. The van der Waals surface area contributed by atoms with Gasteiger partial charge in [0.15, 0.2) is 5.75 Å². The van der Waals surface area contributed by atoms with E-state index in [9.17, 15) is 9.63 Å². The van der Waals surface area contributed by atoms with Crippen LogP contribution in [0.1, 0.15) is 18.1 Å². The third-order valence-electron chi connectivity index (χ3n) is 4.12. The highest BCUT2D eigenvalue weighted by Gasteiger charge is 2.05. The minimum Gasteiger partial charge on any atom is -0.508 e. The molecule has 0 aromatic heterocycles. The first-order valence-corrected chi connectivity index (χ1v) is 8.97. The highest BCUT2D eigenvalue weighted by molar-refractivity contribution is 5.70. The molecule has 1 heterocycles. The van der Waals surface area contributed by atoms with E-state index in [4.69, 9.17) is 4.74 Å². The molecule has 1 atom stereocenters. The minimum atomic E-state index is 0.141. The van der Waals surface area contributed by atoms with Gasteiger partial charge in [0.05, 0.1) is 0 Å². The highest BCUT2D eigenvalue weighted by atomic mass is 19.3. The SMILES string of the molecule is CC1C=Cc2ccccc2N1.Oc1cccc(OCc2cccc(OF)c2)c1. The van der Waals surface area contributed by atoms with Gasteiger partial charge in [0, 0.05) is 22.3 Å². The molecule has 0 saturated heterocycles. The lowest BCUT2D eigenvalue weighted by atomic mass is 10.1. The zero-order chi connectivity index (χ0) is 19.8. The van der Waals surface area contributed by atoms with E-state index >= 15 is 0 Å². The summed E-state index contributed by atoms with van der Waals surface area (Å²) in [6.45, 7) is 2.42. The van der Waals surface area contributed by atoms with E-state index in [1.807, 2.05) is 0 Å². The Morgan fingerprint density at radius 2 is 1.75 bits per heavy atom. The normalized spacial score (nSPS) is 14.1. The van der Waals surface area contributed by atoms with Crippen LogP contribution in [-0.2, 0) is 6.61 Å². The molecule has 1 unspecified atom stereocenters. The predicted molar refractivity (Wildman–Crippen MR) is 109 cm³/mol. The molecule has 0 amide bonds. The van der Waals surface area contributed by atoms with E-state index in [0.717, 1.165) is 5.56 Å². The van der Waals surface area contributed by atoms with Crippen molar-refractivity contribution < 1.29 is 19.3 Å². The maximum Gasteiger partial charge on any atom is 0.172 e. The third kappa shape index (κ3) is 5.51. The summed E-state index contributed by atoms with van der Waals surface area (Å²) >= 11 is 0. The van der Waals surface area contributed by atoms with E-state index in [1.54, 1.807) is 36.4 Å². The molecular formula is C23H22FNO3. The molecule has 0 spiro atoms. The van der Waals surface area contributed by atoms with Crippen LogP contribution in [-0.4, -0.2) is 11.1 Å². The monoisotopic (exact) mass is 379 g/mol. The topological polar surface area (TPSA) is 50.7 Å². The lowest BCUT2D eigenvalue weighted by Crippen LogP contribution is -2.15. The number of benzene rings is 3. The molecule has 4 nitrogen and oxygen atoms in total. The predicted octanol–water partition coefficient (Wildman–Crippen LogP) is 5.75. The molecule has 0 radical (unpaired) electrons. The summed E-state index contributed by atoms with van der Waals surface area (Å²) in [5.41, 5.74) is 3.30. The Labute approximate surface area is 163 Å². The van der Waals surface area contributed by atoms with Gasteiger partial charge in [-0.3, -0.25) is 4.94 Å². The molecule has 2 N–H and O–H groups in total. The Morgan fingerprint density at radius 1 is 0.964 bits per heavy atom. The van der Waals surface area contributed by atoms with Gasteiger partial charge in [0.2, 0.25) is 0 Å². The molecule has 5 heteroatoms. The van der Waals surface area contributed by atoms with E-state index in [-0.39, 0.29) is 18.1 Å². The Balaban J connectivity index is 0.000000176. The molecular weight excluding hydrogens is 357 g/mol. The van der Waals surface area contributed by atoms with Crippen molar-refractivity contribution in [2.24, 2.45) is 0 Å². The van der Waals surface area contributed by atoms with Crippen LogP contribution in [0.15, 0.2) is 78.9 Å². The van der Waals surface area contributed by atoms with E-state index in [1.165, 1.54) is 23.4 Å². The average molecular weight is 379 g/mol. The number of anilines is 1. The van der Waals surface area contributed by atoms with Crippen LogP contribution in [0, 0.1) is 0 Å². The number of hydrogen-bond acceptors (Lipinski definition) is 4. The number of fused-ring (bicyclic) bond motifs is 1. The van der Waals surface area contributed by atoms with Crippen molar-refractivity contribution in [1.82, 2.24) is 0 Å². The van der Waals surface area contributed by atoms with Crippen molar-refractivity contribution in [3.8, 4) is 17.2 Å². The van der Waals surface area contributed by atoms with Gasteiger partial charge in [-0.15, -0.1) is 0 Å². The maximum atomic E-state index is 11.9. The standard InChI is InChI=1S/C13H11FO3.C10H11N/c14-17-13-6-1-3-10(7-13)9-16-12-5-2-4-11(15)8-12;1-8-6-7-9-4-2-3-5-10(9)11-8/h1-8,15H,9H2;2-8,11H,1H3. The highest BCUT2D eigenvalue weighted by Crippen LogP contribution is 2.22. The number of nitrogens with one attached hydrogen (secondary N) is 1. The summed E-state index contributed by atoms with van der Waals surface area (Å²) < 4.78 is 17.4. The zero-order valence-corrected chi connectivity index (χ0v) is 15.5. The van der Waals surface area contributed by atoms with E-state index in [0.29, 0.717) is 11.8 Å². The van der Waals surface area contributed by atoms with Crippen molar-refractivity contribution in [2.75, 3.05) is 5.32 Å². The van der Waals surface area contributed by atoms with Crippen LogP contribution < -0.4 is 15.0 Å². The number of hydrogen-bond donors (Lipinski definition) is 2. The van der Waals surface area contributed by atoms with Gasteiger partial charge in [-0.1, -0.05) is 48.6 Å². The second-order valence-electron chi connectivity index (χ2n) is 6.39. The summed E-state index contributed by atoms with van der Waals surface area (Å²) in [7, 11) is 0. The number of rotatable bonds is 4. The van der Waals surface area contributed by atoms with Crippen LogP contribution >= 0.6 is 0 Å². The van der Waals surface area contributed by atoms with Crippen LogP contribution in [0.5, 0.6) is 17.2 Å². The number of para-hydroxylation sites is 1. The van der Waals surface area contributed by atoms with E-state index < -0.39 is 0 Å². The first-order valence-electron chi connectivity index (χ1n) is 8.97. The van der Waals surface area contributed by atoms with Gasteiger partial charge >= 0.3 is 0 Å². The molecule has 0 bridgehead atoms. The van der Waals surface area contributed by atoms with Crippen molar-refractivity contribution in [3.63, 3.8) is 0 Å². The Hall–Kier alpha value is -3.47. The van der Waals surface area contributed by atoms with Crippen molar-refractivity contribution in [2.45, 2.75) is 19.6 Å². The average Bonchev–Trinajstić information content (AvgIpc) is 2.73. The first-order chi connectivity index (χ1) is 13.6. The van der Waals surface area contributed by atoms with Gasteiger partial charge in [-0.05, 0) is 48.4 Å². The first kappa shape index (κ1) is 19.3. The fourth-order valence-electron chi connectivity index (χ4n) is 2.74. The van der Waals surface area contributed by atoms with E-state index in [2.05, 4.69) is 53.6 Å². The van der Waals surface area contributed by atoms with Crippen molar-refractivity contribution in [1.29, 1.82) is 0 Å². The fourth-order valence-corrected chi connectivity index (χ4v) is 2.74.